The van der Waals surface area contributed by atoms with Crippen molar-refractivity contribution in [2.45, 2.75) is 19.1 Å². The normalized spacial score (nSPS) is 22.2. The Labute approximate surface area is 122 Å². The van der Waals surface area contributed by atoms with Crippen LogP contribution in [0.2, 0.25) is 5.02 Å². The zero-order chi connectivity index (χ0) is 14.1. The number of benzene rings is 1. The summed E-state index contributed by atoms with van der Waals surface area (Å²) in [6.45, 7) is 5.34. The molecule has 1 N–H and O–H groups in total. The smallest absolute Gasteiger partial charge is 0.139 e. The van der Waals surface area contributed by atoms with E-state index in [0.29, 0.717) is 17.4 Å². The van der Waals surface area contributed by atoms with Gasteiger partial charge in [-0.15, -0.1) is 0 Å². The van der Waals surface area contributed by atoms with Gasteiger partial charge in [-0.05, 0) is 30.8 Å². The van der Waals surface area contributed by atoms with Gasteiger partial charge >= 0.3 is 0 Å². The van der Waals surface area contributed by atoms with Crippen LogP contribution in [0, 0.1) is 0 Å². The van der Waals surface area contributed by atoms with Crippen molar-refractivity contribution in [3.05, 3.63) is 35.0 Å². The Morgan fingerprint density at radius 3 is 3.10 bits per heavy atom. The number of hydrogen-bond acceptors (Lipinski definition) is 4. The van der Waals surface area contributed by atoms with Crippen LogP contribution < -0.4 is 0 Å². The van der Waals surface area contributed by atoms with Crippen LogP contribution in [0.5, 0.6) is 0 Å². The number of fused-ring (bicyclic) bond motifs is 1. The minimum absolute atomic E-state index is 0.250. The van der Waals surface area contributed by atoms with Gasteiger partial charge in [0.25, 0.3) is 0 Å². The first kappa shape index (κ1) is 13.9. The molecular weight excluding hydrogens is 278 g/mol. The van der Waals surface area contributed by atoms with Gasteiger partial charge in [0.1, 0.15) is 23.6 Å². The Balaban J connectivity index is 1.82. The molecule has 1 saturated heterocycles. The Bertz CT molecular complexity index is 598. The summed E-state index contributed by atoms with van der Waals surface area (Å²) in [7, 11) is 0. The number of likely N-dealkylation sites (N-methyl/N-ethyl adjacent to an activating group) is 1. The zero-order valence-corrected chi connectivity index (χ0v) is 12.1. The van der Waals surface area contributed by atoms with Gasteiger partial charge in [-0.3, -0.25) is 4.90 Å². The summed E-state index contributed by atoms with van der Waals surface area (Å²) in [5.74, 6) is 0.533. The molecule has 2 heterocycles. The molecule has 2 unspecified atom stereocenters. The van der Waals surface area contributed by atoms with Crippen molar-refractivity contribution in [2.75, 3.05) is 26.2 Å². The van der Waals surface area contributed by atoms with Crippen LogP contribution in [-0.2, 0) is 4.74 Å². The number of aliphatic hydroxyl groups excluding tert-OH is 1. The lowest BCUT2D eigenvalue weighted by molar-refractivity contribution is -0.0940. The highest BCUT2D eigenvalue weighted by Crippen LogP contribution is 2.29. The summed E-state index contributed by atoms with van der Waals surface area (Å²) < 4.78 is 11.4. The van der Waals surface area contributed by atoms with Crippen LogP contribution in [-0.4, -0.2) is 42.4 Å². The largest absolute Gasteiger partial charge is 0.458 e. The van der Waals surface area contributed by atoms with Gasteiger partial charge in [0.15, 0.2) is 0 Å². The molecule has 0 amide bonds. The van der Waals surface area contributed by atoms with Crippen molar-refractivity contribution in [1.29, 1.82) is 0 Å². The number of nitrogens with zero attached hydrogens (tertiary/aromatic N) is 1. The van der Waals surface area contributed by atoms with Crippen molar-refractivity contribution < 1.29 is 14.3 Å². The van der Waals surface area contributed by atoms with Gasteiger partial charge in [0.05, 0.1) is 6.61 Å². The second-order valence-corrected chi connectivity index (χ2v) is 5.51. The molecule has 1 aromatic heterocycles. The van der Waals surface area contributed by atoms with Gasteiger partial charge in [0.2, 0.25) is 0 Å². The van der Waals surface area contributed by atoms with E-state index in [0.717, 1.165) is 30.6 Å². The molecule has 108 valence electrons. The fourth-order valence-electron chi connectivity index (χ4n) is 2.57. The van der Waals surface area contributed by atoms with Crippen LogP contribution in [0.3, 0.4) is 0 Å². The lowest BCUT2D eigenvalue weighted by Gasteiger charge is -2.33. The summed E-state index contributed by atoms with van der Waals surface area (Å²) in [4.78, 5) is 2.26. The van der Waals surface area contributed by atoms with E-state index in [9.17, 15) is 5.11 Å². The third kappa shape index (κ3) is 2.69. The molecule has 5 heteroatoms. The second-order valence-electron chi connectivity index (χ2n) is 5.08. The van der Waals surface area contributed by atoms with Crippen LogP contribution in [0.15, 0.2) is 28.7 Å². The number of aliphatic hydroxyl groups is 1. The summed E-state index contributed by atoms with van der Waals surface area (Å²) in [5, 5.41) is 12.0. The number of rotatable bonds is 3. The van der Waals surface area contributed by atoms with E-state index in [2.05, 4.69) is 11.8 Å². The van der Waals surface area contributed by atoms with Crippen molar-refractivity contribution in [1.82, 2.24) is 4.90 Å². The molecule has 1 aliphatic rings. The molecule has 0 aliphatic carbocycles. The van der Waals surface area contributed by atoms with Crippen LogP contribution >= 0.6 is 11.6 Å². The molecule has 3 rings (SSSR count). The molecule has 1 aromatic carbocycles. The molecule has 2 atom stereocenters. The summed E-state index contributed by atoms with van der Waals surface area (Å²) >= 11 is 5.96. The third-order valence-electron chi connectivity index (χ3n) is 3.77. The molecule has 2 aromatic rings. The quantitative estimate of drug-likeness (QED) is 0.946. The van der Waals surface area contributed by atoms with Crippen LogP contribution in [0.1, 0.15) is 18.8 Å². The highest BCUT2D eigenvalue weighted by Gasteiger charge is 2.29. The molecule has 0 spiro atoms. The first-order valence-electron chi connectivity index (χ1n) is 6.88. The molecule has 1 aliphatic heterocycles. The van der Waals surface area contributed by atoms with E-state index < -0.39 is 6.10 Å². The topological polar surface area (TPSA) is 45.8 Å². The van der Waals surface area contributed by atoms with E-state index in [4.69, 9.17) is 20.8 Å². The van der Waals surface area contributed by atoms with E-state index in [1.807, 2.05) is 18.2 Å². The Hall–Kier alpha value is -1.07. The third-order valence-corrected chi connectivity index (χ3v) is 4.00. The highest BCUT2D eigenvalue weighted by atomic mass is 35.5. The average molecular weight is 296 g/mol. The average Bonchev–Trinajstić information content (AvgIpc) is 2.89. The number of halogens is 1. The van der Waals surface area contributed by atoms with Crippen molar-refractivity contribution in [3.63, 3.8) is 0 Å². The van der Waals surface area contributed by atoms with Gasteiger partial charge in [0, 0.05) is 23.5 Å². The summed E-state index contributed by atoms with van der Waals surface area (Å²) in [6.07, 6.45) is -1.00. The molecule has 0 bridgehead atoms. The maximum absolute atomic E-state index is 10.5. The molecule has 0 radical (unpaired) electrons. The van der Waals surface area contributed by atoms with Gasteiger partial charge in [-0.2, -0.15) is 0 Å². The second kappa shape index (κ2) is 5.74. The van der Waals surface area contributed by atoms with E-state index in [-0.39, 0.29) is 6.10 Å². The number of morpholine rings is 1. The summed E-state index contributed by atoms with van der Waals surface area (Å²) in [5.41, 5.74) is 0.728. The van der Waals surface area contributed by atoms with E-state index in [1.165, 1.54) is 0 Å². The molecule has 4 nitrogen and oxygen atoms in total. The first-order chi connectivity index (χ1) is 9.67. The number of hydrogen-bond donors (Lipinski definition) is 1. The first-order valence-corrected chi connectivity index (χ1v) is 7.26. The summed E-state index contributed by atoms with van der Waals surface area (Å²) in [6, 6.07) is 7.25. The van der Waals surface area contributed by atoms with Crippen LogP contribution in [0.4, 0.5) is 0 Å². The predicted molar refractivity (Wildman–Crippen MR) is 78.0 cm³/mol. The molecule has 0 saturated carbocycles. The minimum atomic E-state index is -0.754. The fourth-order valence-corrected chi connectivity index (χ4v) is 2.75. The number of ether oxygens (including phenoxy) is 1. The monoisotopic (exact) mass is 295 g/mol. The SMILES string of the molecule is CCN1CCOC(C(O)c2cc3cc(Cl)ccc3o2)C1. The zero-order valence-electron chi connectivity index (χ0n) is 11.4. The van der Waals surface area contributed by atoms with Crippen LogP contribution in [0.25, 0.3) is 11.0 Å². The Morgan fingerprint density at radius 1 is 1.45 bits per heavy atom. The standard InChI is InChI=1S/C15H18ClNO3/c1-2-17-5-6-19-14(9-17)15(18)13-8-10-7-11(16)3-4-12(10)20-13/h3-4,7-8,14-15,18H,2,5-6,9H2,1H3. The lowest BCUT2D eigenvalue weighted by Crippen LogP contribution is -2.44. The van der Waals surface area contributed by atoms with Gasteiger partial charge in [-0.1, -0.05) is 18.5 Å². The predicted octanol–water partition coefficient (Wildman–Crippen LogP) is 2.84. The Kier molecular flexibility index (Phi) is 3.98. The minimum Gasteiger partial charge on any atom is -0.458 e. The van der Waals surface area contributed by atoms with Gasteiger partial charge < -0.3 is 14.3 Å². The van der Waals surface area contributed by atoms with Gasteiger partial charge in [-0.25, -0.2) is 0 Å². The van der Waals surface area contributed by atoms with E-state index >= 15 is 0 Å². The van der Waals surface area contributed by atoms with E-state index in [1.54, 1.807) is 6.07 Å². The molecular formula is C15H18ClNO3. The van der Waals surface area contributed by atoms with Crippen molar-refractivity contribution >= 4 is 22.6 Å². The number of furan rings is 1. The fraction of sp³-hybridized carbons (Fsp3) is 0.467. The molecule has 20 heavy (non-hydrogen) atoms. The van der Waals surface area contributed by atoms with Crippen molar-refractivity contribution in [2.24, 2.45) is 0 Å². The lowest BCUT2D eigenvalue weighted by atomic mass is 10.1. The maximum atomic E-state index is 10.5. The van der Waals surface area contributed by atoms with Crippen molar-refractivity contribution in [3.8, 4) is 0 Å². The maximum Gasteiger partial charge on any atom is 0.139 e. The molecule has 1 fully saturated rings. The highest BCUT2D eigenvalue weighted by molar-refractivity contribution is 6.31. The Morgan fingerprint density at radius 2 is 2.30 bits per heavy atom.